The maximum Gasteiger partial charge on any atom is 0.143 e. The first kappa shape index (κ1) is 24.5. The third kappa shape index (κ3) is 4.65. The molecule has 0 amide bonds. The van der Waals surface area contributed by atoms with E-state index in [-0.39, 0.29) is 5.41 Å². The van der Waals surface area contributed by atoms with Crippen molar-refractivity contribution < 1.29 is 4.52 Å². The van der Waals surface area contributed by atoms with Crippen molar-refractivity contribution in [1.82, 2.24) is 0 Å². The van der Waals surface area contributed by atoms with Crippen molar-refractivity contribution >= 4 is 24.0 Å². The van der Waals surface area contributed by atoms with E-state index >= 15 is 0 Å². The fraction of sp³-hybridized carbons (Fsp3) is 0.333. The van der Waals surface area contributed by atoms with Gasteiger partial charge in [0.15, 0.2) is 0 Å². The molecule has 0 fully saturated rings. The third-order valence-corrected chi connectivity index (χ3v) is 9.48. The van der Waals surface area contributed by atoms with E-state index in [1.54, 1.807) is 0 Å². The van der Waals surface area contributed by atoms with E-state index in [2.05, 4.69) is 125 Å². The molecule has 1 aliphatic heterocycles. The molecule has 0 radical (unpaired) electrons. The highest BCUT2D eigenvalue weighted by molar-refractivity contribution is 7.72. The average Bonchev–Trinajstić information content (AvgIpc) is 3.02. The Balaban J connectivity index is 2.00. The summed E-state index contributed by atoms with van der Waals surface area (Å²) in [5.74, 6) is 2.37. The monoisotopic (exact) mass is 472 g/mol. The van der Waals surface area contributed by atoms with Crippen LogP contribution in [0, 0.1) is 13.8 Å². The molecule has 1 aliphatic rings. The molecule has 34 heavy (non-hydrogen) atoms. The first-order chi connectivity index (χ1) is 16.3. The molecule has 0 aliphatic carbocycles. The largest absolute Gasteiger partial charge is 0.347 e. The number of nitrogens with zero attached hydrogens (tertiary/aromatic N) is 2. The van der Waals surface area contributed by atoms with Gasteiger partial charge in [0.25, 0.3) is 0 Å². The van der Waals surface area contributed by atoms with E-state index in [9.17, 15) is 0 Å². The second kappa shape index (κ2) is 9.94. The predicted molar refractivity (Wildman–Crippen MR) is 148 cm³/mol. The number of rotatable bonds is 7. The van der Waals surface area contributed by atoms with Gasteiger partial charge in [-0.3, -0.25) is 0 Å². The Morgan fingerprint density at radius 3 is 2.35 bits per heavy atom. The highest BCUT2D eigenvalue weighted by Gasteiger charge is 2.40. The molecule has 0 saturated heterocycles. The number of benzene rings is 3. The lowest BCUT2D eigenvalue weighted by atomic mass is 9.84. The lowest BCUT2D eigenvalue weighted by molar-refractivity contribution is 0.344. The van der Waals surface area contributed by atoms with Gasteiger partial charge in [0, 0.05) is 35.0 Å². The van der Waals surface area contributed by atoms with Crippen LogP contribution in [0.1, 0.15) is 50.3 Å². The number of para-hydroxylation sites is 1. The topological polar surface area (TPSA) is 24.8 Å². The first-order valence-electron chi connectivity index (χ1n) is 12.2. The summed E-state index contributed by atoms with van der Waals surface area (Å²) in [6, 6.07) is 25.8. The highest BCUT2D eigenvalue weighted by atomic mass is 31.2. The zero-order valence-corrected chi connectivity index (χ0v) is 22.3. The molecule has 0 saturated carbocycles. The van der Waals surface area contributed by atoms with Crippen molar-refractivity contribution in [1.29, 1.82) is 0 Å². The van der Waals surface area contributed by atoms with E-state index in [4.69, 9.17) is 9.27 Å². The van der Waals surface area contributed by atoms with Crippen LogP contribution >= 0.6 is 7.28 Å². The predicted octanol–water partition coefficient (Wildman–Crippen LogP) is 8.46. The molecule has 0 aromatic heterocycles. The van der Waals surface area contributed by atoms with E-state index < -0.39 is 7.28 Å². The van der Waals surface area contributed by atoms with Gasteiger partial charge in [-0.25, -0.2) is 4.74 Å². The maximum atomic E-state index is 6.89. The number of allylic oxidation sites excluding steroid dienone is 1. The fourth-order valence-electron chi connectivity index (χ4n) is 4.76. The zero-order valence-electron chi connectivity index (χ0n) is 21.4. The van der Waals surface area contributed by atoms with Crippen LogP contribution in [0.2, 0.25) is 0 Å². The molecule has 1 unspecified atom stereocenters. The molecular weight excluding hydrogens is 435 g/mol. The van der Waals surface area contributed by atoms with Gasteiger partial charge in [0.05, 0.1) is 12.3 Å². The van der Waals surface area contributed by atoms with Gasteiger partial charge in [-0.15, -0.1) is 0 Å². The van der Waals surface area contributed by atoms with E-state index in [1.807, 2.05) is 0 Å². The molecule has 0 N–H and O–H groups in total. The minimum Gasteiger partial charge on any atom is -0.347 e. The lowest BCUT2D eigenvalue weighted by Crippen LogP contribution is -2.23. The Bertz CT molecular complexity index is 1240. The van der Waals surface area contributed by atoms with Crippen LogP contribution in [-0.4, -0.2) is 13.7 Å². The van der Waals surface area contributed by atoms with Crippen molar-refractivity contribution in [2.75, 3.05) is 18.6 Å². The zero-order chi connectivity index (χ0) is 24.3. The second-order valence-electron chi connectivity index (χ2n) is 9.75. The van der Waals surface area contributed by atoms with Crippen LogP contribution in [0.15, 0.2) is 89.1 Å². The SMILES string of the molecule is CCCCOP(/C=C1\N(C)c2ccccc2C1(C)C)(=Nc1ccc(C)cc1C)c1ccccc1. The quantitative estimate of drug-likeness (QED) is 0.254. The number of aryl methyl sites for hydroxylation is 2. The Morgan fingerprint density at radius 2 is 1.68 bits per heavy atom. The molecule has 178 valence electrons. The smallest absolute Gasteiger partial charge is 0.143 e. The highest BCUT2D eigenvalue weighted by Crippen LogP contribution is 2.58. The molecule has 3 nitrogen and oxygen atoms in total. The summed E-state index contributed by atoms with van der Waals surface area (Å²) in [5, 5.41) is 1.15. The summed E-state index contributed by atoms with van der Waals surface area (Å²) >= 11 is 0. The van der Waals surface area contributed by atoms with Crippen molar-refractivity contribution in [2.24, 2.45) is 4.74 Å². The van der Waals surface area contributed by atoms with Crippen molar-refractivity contribution in [3.05, 3.63) is 101 Å². The van der Waals surface area contributed by atoms with E-state index in [1.165, 1.54) is 28.1 Å². The Kier molecular flexibility index (Phi) is 7.17. The fourth-order valence-corrected chi connectivity index (χ4v) is 7.75. The van der Waals surface area contributed by atoms with Crippen LogP contribution in [0.5, 0.6) is 0 Å². The van der Waals surface area contributed by atoms with Gasteiger partial charge in [-0.05, 0) is 43.5 Å². The molecule has 3 aromatic rings. The first-order valence-corrected chi connectivity index (χ1v) is 14.0. The number of hydrogen-bond acceptors (Lipinski definition) is 3. The van der Waals surface area contributed by atoms with Crippen LogP contribution in [0.4, 0.5) is 11.4 Å². The Morgan fingerprint density at radius 1 is 0.971 bits per heavy atom. The van der Waals surface area contributed by atoms with Gasteiger partial charge >= 0.3 is 0 Å². The minimum absolute atomic E-state index is 0.142. The molecule has 3 aromatic carbocycles. The number of likely N-dealkylation sites (N-methyl/N-ethyl adjacent to an activating group) is 1. The normalized spacial score (nSPS) is 17.5. The van der Waals surface area contributed by atoms with Crippen molar-refractivity contribution in [3.8, 4) is 0 Å². The number of unbranched alkanes of at least 4 members (excludes halogenated alkanes) is 1. The molecule has 1 atom stereocenters. The molecule has 4 heteroatoms. The van der Waals surface area contributed by atoms with Crippen LogP contribution in [0.3, 0.4) is 0 Å². The summed E-state index contributed by atoms with van der Waals surface area (Å²) in [5.41, 5.74) is 7.14. The number of anilines is 1. The van der Waals surface area contributed by atoms with Gasteiger partial charge in [0.2, 0.25) is 0 Å². The van der Waals surface area contributed by atoms with Crippen molar-refractivity contribution in [3.63, 3.8) is 0 Å². The van der Waals surface area contributed by atoms with Gasteiger partial charge in [-0.1, -0.05) is 93.4 Å². The van der Waals surface area contributed by atoms with E-state index in [0.29, 0.717) is 6.61 Å². The molecular formula is C30H37N2OP. The summed E-state index contributed by atoms with van der Waals surface area (Å²) in [4.78, 5) is 2.33. The Hall–Kier alpha value is -2.61. The summed E-state index contributed by atoms with van der Waals surface area (Å²) < 4.78 is 12.4. The summed E-state index contributed by atoms with van der Waals surface area (Å²) in [7, 11) is -0.347. The van der Waals surface area contributed by atoms with E-state index in [0.717, 1.165) is 23.8 Å². The molecule has 1 heterocycles. The number of hydrogen-bond donors (Lipinski definition) is 0. The van der Waals surface area contributed by atoms with Gasteiger partial charge in [-0.2, -0.15) is 0 Å². The Labute approximate surface area is 205 Å². The lowest BCUT2D eigenvalue weighted by Gasteiger charge is -2.29. The van der Waals surface area contributed by atoms with Crippen LogP contribution < -0.4 is 10.2 Å². The number of fused-ring (bicyclic) bond motifs is 1. The third-order valence-electron chi connectivity index (χ3n) is 6.76. The second-order valence-corrected chi connectivity index (χ2v) is 12.2. The van der Waals surface area contributed by atoms with Gasteiger partial charge in [0.1, 0.15) is 7.28 Å². The molecule has 4 rings (SSSR count). The summed E-state index contributed by atoms with van der Waals surface area (Å²) in [6.45, 7) is 11.8. The van der Waals surface area contributed by atoms with Crippen LogP contribution in [-0.2, 0) is 9.94 Å². The standard InChI is InChI=1S/C30H37N2OP/c1-7-8-20-33-34(25-14-10-9-11-15-25,31-27-19-18-23(2)21-24(27)3)22-29-30(4,5)26-16-12-13-17-28(26)32(29)6/h9-19,21-22H,7-8,20H2,1-6H3/b29-22-. The summed E-state index contributed by atoms with van der Waals surface area (Å²) in [6.07, 6.45) is 2.10. The molecule has 0 bridgehead atoms. The van der Waals surface area contributed by atoms with Crippen molar-refractivity contribution in [2.45, 2.75) is 52.9 Å². The molecule has 0 spiro atoms. The average molecular weight is 473 g/mol. The van der Waals surface area contributed by atoms with Crippen LogP contribution in [0.25, 0.3) is 0 Å². The minimum atomic E-state index is -2.52. The maximum absolute atomic E-state index is 6.89. The van der Waals surface area contributed by atoms with Gasteiger partial charge < -0.3 is 9.42 Å².